The first-order valence-corrected chi connectivity index (χ1v) is 8.08. The summed E-state index contributed by atoms with van der Waals surface area (Å²) in [6, 6.07) is 14.5. The number of nitrogens with one attached hydrogen (secondary N) is 1. The maximum Gasteiger partial charge on any atom is 0.147 e. The van der Waals surface area contributed by atoms with E-state index in [4.69, 9.17) is 4.74 Å². The van der Waals surface area contributed by atoms with Crippen molar-refractivity contribution in [1.82, 2.24) is 5.32 Å². The van der Waals surface area contributed by atoms with Crippen LogP contribution in [0.4, 0.5) is 0 Å². The summed E-state index contributed by atoms with van der Waals surface area (Å²) in [5, 5.41) is 3.14. The van der Waals surface area contributed by atoms with E-state index in [-0.39, 0.29) is 0 Å². The molecule has 2 rings (SSSR count). The van der Waals surface area contributed by atoms with E-state index in [2.05, 4.69) is 61.4 Å². The van der Waals surface area contributed by atoms with Gasteiger partial charge in [-0.25, -0.2) is 0 Å². The summed E-state index contributed by atoms with van der Waals surface area (Å²) in [5.74, 6) is 0.862. The van der Waals surface area contributed by atoms with Crippen LogP contribution in [0.2, 0.25) is 0 Å². The Kier molecular flexibility index (Phi) is 6.07. The van der Waals surface area contributed by atoms with Gasteiger partial charge in [0.25, 0.3) is 0 Å². The quantitative estimate of drug-likeness (QED) is 0.770. The van der Waals surface area contributed by atoms with E-state index in [9.17, 15) is 0 Å². The summed E-state index contributed by atoms with van der Waals surface area (Å²) in [7, 11) is 1.94. The Hall–Kier alpha value is -0.840. The first-order chi connectivity index (χ1) is 9.70. The molecule has 20 heavy (non-hydrogen) atoms. The van der Waals surface area contributed by atoms with E-state index in [1.807, 2.05) is 25.2 Å². The van der Waals surface area contributed by atoms with Crippen LogP contribution in [0, 0.1) is 0 Å². The number of ether oxygens (including phenoxy) is 1. The summed E-state index contributed by atoms with van der Waals surface area (Å²) in [6.45, 7) is 1.49. The number of halogens is 2. The topological polar surface area (TPSA) is 21.3 Å². The van der Waals surface area contributed by atoms with Gasteiger partial charge in [-0.3, -0.25) is 0 Å². The summed E-state index contributed by atoms with van der Waals surface area (Å²) < 4.78 is 7.84. The normalized spacial score (nSPS) is 10.6. The molecule has 0 aliphatic rings. The minimum Gasteiger partial charge on any atom is -0.491 e. The van der Waals surface area contributed by atoms with E-state index < -0.39 is 0 Å². The molecule has 2 aromatic rings. The lowest BCUT2D eigenvalue weighted by molar-refractivity contribution is 0.318. The van der Waals surface area contributed by atoms with Gasteiger partial charge in [-0.2, -0.15) is 0 Å². The first-order valence-electron chi connectivity index (χ1n) is 6.50. The molecule has 0 fully saturated rings. The van der Waals surface area contributed by atoms with Crippen molar-refractivity contribution in [2.24, 2.45) is 0 Å². The molecule has 0 radical (unpaired) electrons. The Morgan fingerprint density at radius 3 is 2.25 bits per heavy atom. The van der Waals surface area contributed by atoms with E-state index in [0.717, 1.165) is 27.7 Å². The lowest BCUT2D eigenvalue weighted by Gasteiger charge is -2.12. The monoisotopic (exact) mass is 397 g/mol. The third-order valence-corrected chi connectivity index (χ3v) is 4.10. The highest BCUT2D eigenvalue weighted by Gasteiger charge is 2.08. The molecule has 2 nitrogen and oxygen atoms in total. The summed E-state index contributed by atoms with van der Waals surface area (Å²) in [5.41, 5.74) is 2.49. The highest BCUT2D eigenvalue weighted by molar-refractivity contribution is 9.11. The van der Waals surface area contributed by atoms with E-state index in [1.165, 1.54) is 11.1 Å². The average molecular weight is 399 g/mol. The molecular weight excluding hydrogens is 382 g/mol. The van der Waals surface area contributed by atoms with E-state index in [0.29, 0.717) is 6.61 Å². The molecule has 106 valence electrons. The van der Waals surface area contributed by atoms with Crippen LogP contribution < -0.4 is 10.1 Å². The van der Waals surface area contributed by atoms with Gasteiger partial charge >= 0.3 is 0 Å². The van der Waals surface area contributed by atoms with Gasteiger partial charge in [0.15, 0.2) is 0 Å². The van der Waals surface area contributed by atoms with Crippen LogP contribution in [-0.4, -0.2) is 13.7 Å². The molecule has 0 saturated heterocycles. The molecule has 0 aliphatic heterocycles. The first kappa shape index (κ1) is 15.5. The zero-order valence-corrected chi connectivity index (χ0v) is 14.5. The van der Waals surface area contributed by atoms with Crippen molar-refractivity contribution in [2.45, 2.75) is 13.0 Å². The molecular formula is C16H17Br2NO. The average Bonchev–Trinajstić information content (AvgIpc) is 2.43. The zero-order valence-electron chi connectivity index (χ0n) is 11.3. The zero-order chi connectivity index (χ0) is 14.4. The molecule has 1 N–H and O–H groups in total. The third kappa shape index (κ3) is 4.33. The SMILES string of the molecule is CNCc1cc(Br)c(OCCc2ccccc2)c(Br)c1. The van der Waals surface area contributed by atoms with Gasteiger partial charge in [-0.1, -0.05) is 30.3 Å². The van der Waals surface area contributed by atoms with Gasteiger partial charge < -0.3 is 10.1 Å². The maximum atomic E-state index is 5.89. The van der Waals surface area contributed by atoms with Crippen LogP contribution in [0.5, 0.6) is 5.75 Å². The van der Waals surface area contributed by atoms with Crippen molar-refractivity contribution in [3.63, 3.8) is 0 Å². The predicted molar refractivity (Wildman–Crippen MR) is 90.2 cm³/mol. The van der Waals surface area contributed by atoms with Crippen molar-refractivity contribution in [2.75, 3.05) is 13.7 Å². The predicted octanol–water partition coefficient (Wildman–Crippen LogP) is 4.55. The second-order valence-corrected chi connectivity index (χ2v) is 6.21. The Balaban J connectivity index is 1.99. The van der Waals surface area contributed by atoms with Crippen LogP contribution in [0.15, 0.2) is 51.4 Å². The largest absolute Gasteiger partial charge is 0.491 e. The number of hydrogen-bond acceptors (Lipinski definition) is 2. The third-order valence-electron chi connectivity index (χ3n) is 2.92. The van der Waals surface area contributed by atoms with Gasteiger partial charge in [-0.15, -0.1) is 0 Å². The second kappa shape index (κ2) is 7.81. The van der Waals surface area contributed by atoms with Crippen LogP contribution >= 0.6 is 31.9 Å². The van der Waals surface area contributed by atoms with Gasteiger partial charge in [-0.05, 0) is 62.2 Å². The molecule has 0 spiro atoms. The molecule has 0 bridgehead atoms. The van der Waals surface area contributed by atoms with Gasteiger partial charge in [0.1, 0.15) is 5.75 Å². The fraction of sp³-hybridized carbons (Fsp3) is 0.250. The second-order valence-electron chi connectivity index (χ2n) is 4.50. The highest BCUT2D eigenvalue weighted by atomic mass is 79.9. The Labute approximate surface area is 136 Å². The van der Waals surface area contributed by atoms with Crippen LogP contribution in [0.1, 0.15) is 11.1 Å². The lowest BCUT2D eigenvalue weighted by atomic mass is 10.2. The minimum absolute atomic E-state index is 0.659. The lowest BCUT2D eigenvalue weighted by Crippen LogP contribution is -2.06. The molecule has 0 unspecified atom stereocenters. The number of hydrogen-bond donors (Lipinski definition) is 1. The fourth-order valence-corrected chi connectivity index (χ4v) is 3.48. The molecule has 4 heteroatoms. The van der Waals surface area contributed by atoms with Gasteiger partial charge in [0, 0.05) is 13.0 Å². The van der Waals surface area contributed by atoms with E-state index in [1.54, 1.807) is 0 Å². The summed E-state index contributed by atoms with van der Waals surface area (Å²) in [6.07, 6.45) is 0.901. The highest BCUT2D eigenvalue weighted by Crippen LogP contribution is 2.34. The molecule has 0 saturated carbocycles. The summed E-state index contributed by atoms with van der Waals surface area (Å²) >= 11 is 7.14. The van der Waals surface area contributed by atoms with Crippen LogP contribution in [-0.2, 0) is 13.0 Å². The van der Waals surface area contributed by atoms with Gasteiger partial charge in [0.2, 0.25) is 0 Å². The van der Waals surface area contributed by atoms with Crippen LogP contribution in [0.25, 0.3) is 0 Å². The van der Waals surface area contributed by atoms with Gasteiger partial charge in [0.05, 0.1) is 15.6 Å². The molecule has 0 amide bonds. The number of rotatable bonds is 6. The standard InChI is InChI=1S/C16H17Br2NO/c1-19-11-13-9-14(17)16(15(18)10-13)20-8-7-12-5-3-2-4-6-12/h2-6,9-10,19H,7-8,11H2,1H3. The fourth-order valence-electron chi connectivity index (χ4n) is 1.97. The molecule has 0 aromatic heterocycles. The molecule has 0 heterocycles. The molecule has 0 atom stereocenters. The molecule has 2 aromatic carbocycles. The number of benzene rings is 2. The Morgan fingerprint density at radius 2 is 1.65 bits per heavy atom. The van der Waals surface area contributed by atoms with Crippen molar-refractivity contribution >= 4 is 31.9 Å². The maximum absolute atomic E-state index is 5.89. The Bertz CT molecular complexity index is 535. The summed E-state index contributed by atoms with van der Waals surface area (Å²) in [4.78, 5) is 0. The minimum atomic E-state index is 0.659. The Morgan fingerprint density at radius 1 is 1.00 bits per heavy atom. The smallest absolute Gasteiger partial charge is 0.147 e. The van der Waals surface area contributed by atoms with Crippen molar-refractivity contribution < 1.29 is 4.74 Å². The van der Waals surface area contributed by atoms with Crippen molar-refractivity contribution in [1.29, 1.82) is 0 Å². The molecule has 0 aliphatic carbocycles. The van der Waals surface area contributed by atoms with Crippen LogP contribution in [0.3, 0.4) is 0 Å². The van der Waals surface area contributed by atoms with E-state index >= 15 is 0 Å². The van der Waals surface area contributed by atoms with Crippen molar-refractivity contribution in [3.05, 3.63) is 62.5 Å². The van der Waals surface area contributed by atoms with Crippen molar-refractivity contribution in [3.8, 4) is 5.75 Å².